The fraction of sp³-hybridized carbons (Fsp3) is 0.650. The van der Waals surface area contributed by atoms with Gasteiger partial charge >= 0.3 is 0 Å². The van der Waals surface area contributed by atoms with E-state index in [0.29, 0.717) is 13.1 Å². The number of carbonyl (C=O) groups is 1. The molecule has 1 saturated carbocycles. The van der Waals surface area contributed by atoms with Crippen LogP contribution in [0.5, 0.6) is 0 Å². The van der Waals surface area contributed by atoms with Crippen molar-refractivity contribution in [3.05, 3.63) is 35.6 Å². The van der Waals surface area contributed by atoms with Gasteiger partial charge in [0.2, 0.25) is 5.91 Å². The number of methoxy groups -OCH3 is 2. The van der Waals surface area contributed by atoms with Crippen LogP contribution in [0, 0.1) is 5.82 Å². The highest BCUT2D eigenvalue weighted by Crippen LogP contribution is 2.43. The summed E-state index contributed by atoms with van der Waals surface area (Å²) in [5.41, 5.74) is 0.770. The van der Waals surface area contributed by atoms with Crippen LogP contribution < -0.4 is 0 Å². The van der Waals surface area contributed by atoms with E-state index < -0.39 is 0 Å². The molecule has 1 aromatic rings. The Morgan fingerprint density at radius 3 is 2.69 bits per heavy atom. The van der Waals surface area contributed by atoms with Crippen LogP contribution in [0.25, 0.3) is 0 Å². The van der Waals surface area contributed by atoms with E-state index in [9.17, 15) is 9.18 Å². The summed E-state index contributed by atoms with van der Waals surface area (Å²) in [5.74, 6) is -0.124. The quantitative estimate of drug-likeness (QED) is 0.778. The predicted molar refractivity (Wildman–Crippen MR) is 97.2 cm³/mol. The second kappa shape index (κ2) is 8.03. The molecule has 1 amide bonds. The van der Waals surface area contributed by atoms with Crippen molar-refractivity contribution in [2.75, 3.05) is 34.4 Å². The highest BCUT2D eigenvalue weighted by molar-refractivity contribution is 5.79. The van der Waals surface area contributed by atoms with Crippen molar-refractivity contribution < 1.29 is 18.7 Å². The molecule has 0 bridgehead atoms. The summed E-state index contributed by atoms with van der Waals surface area (Å²) in [5, 5.41) is 0. The van der Waals surface area contributed by atoms with Gasteiger partial charge in [0.25, 0.3) is 0 Å². The maximum absolute atomic E-state index is 13.0. The van der Waals surface area contributed by atoms with Crippen molar-refractivity contribution in [1.29, 1.82) is 0 Å². The maximum atomic E-state index is 13.0. The first-order valence-corrected chi connectivity index (χ1v) is 9.28. The number of ether oxygens (including phenoxy) is 2. The van der Waals surface area contributed by atoms with Crippen molar-refractivity contribution in [3.63, 3.8) is 0 Å². The van der Waals surface area contributed by atoms with Crippen LogP contribution in [0.4, 0.5) is 4.39 Å². The molecule has 0 unspecified atom stereocenters. The number of amides is 1. The van der Waals surface area contributed by atoms with Crippen molar-refractivity contribution in [2.45, 2.75) is 50.0 Å². The second-order valence-electron chi connectivity index (χ2n) is 7.55. The fourth-order valence-corrected chi connectivity index (χ4v) is 4.45. The molecule has 1 saturated heterocycles. The number of fused-ring (bicyclic) bond motifs is 1. The molecule has 1 aromatic carbocycles. The van der Waals surface area contributed by atoms with Crippen LogP contribution in [0.15, 0.2) is 24.3 Å². The lowest BCUT2D eigenvalue weighted by molar-refractivity contribution is -0.141. The number of rotatable bonds is 6. The number of likely N-dealkylation sites (tertiary alicyclic amines) is 1. The topological polar surface area (TPSA) is 42.0 Å². The Hall–Kier alpha value is -1.50. The maximum Gasteiger partial charge on any atom is 0.237 e. The lowest BCUT2D eigenvalue weighted by Crippen LogP contribution is -2.54. The lowest BCUT2D eigenvalue weighted by Gasteiger charge is -2.43. The van der Waals surface area contributed by atoms with Crippen molar-refractivity contribution in [2.24, 2.45) is 0 Å². The minimum atomic E-state index is -0.245. The zero-order valence-electron chi connectivity index (χ0n) is 15.9. The second-order valence-corrected chi connectivity index (χ2v) is 7.55. The summed E-state index contributed by atoms with van der Waals surface area (Å²) in [6, 6.07) is 6.49. The Kier molecular flexibility index (Phi) is 5.95. The van der Waals surface area contributed by atoms with Crippen LogP contribution in [-0.4, -0.2) is 67.8 Å². The van der Waals surface area contributed by atoms with E-state index in [4.69, 9.17) is 9.47 Å². The number of carbonyl (C=O) groups excluding carboxylic acids is 1. The molecule has 3 atom stereocenters. The van der Waals surface area contributed by atoms with Crippen LogP contribution >= 0.6 is 0 Å². The molecular weight excluding hydrogens is 335 g/mol. The molecule has 26 heavy (non-hydrogen) atoms. The Morgan fingerprint density at radius 2 is 2.04 bits per heavy atom. The van der Waals surface area contributed by atoms with E-state index in [2.05, 4.69) is 0 Å². The molecule has 3 rings (SSSR count). The van der Waals surface area contributed by atoms with Gasteiger partial charge < -0.3 is 14.4 Å². The average Bonchev–Trinajstić information content (AvgIpc) is 3.02. The van der Waals surface area contributed by atoms with Gasteiger partial charge in [-0.1, -0.05) is 12.1 Å². The SMILES string of the molecule is CO[C@@H]1CC[C@@]2(OC)CCN(C(=O)CN(C)Cc3ccc(F)cc3)[C@H]2C1. The molecule has 1 heterocycles. The lowest BCUT2D eigenvalue weighted by atomic mass is 9.79. The monoisotopic (exact) mass is 364 g/mol. The summed E-state index contributed by atoms with van der Waals surface area (Å²) in [6.45, 7) is 1.68. The molecule has 1 aliphatic carbocycles. The minimum absolute atomic E-state index is 0.0814. The first-order chi connectivity index (χ1) is 12.5. The summed E-state index contributed by atoms with van der Waals surface area (Å²) < 4.78 is 24.5. The molecule has 1 aliphatic heterocycles. The first kappa shape index (κ1) is 19.3. The van der Waals surface area contributed by atoms with Crippen LogP contribution in [-0.2, 0) is 20.8 Å². The molecule has 2 aliphatic rings. The normalized spacial score (nSPS) is 28.4. The smallest absolute Gasteiger partial charge is 0.237 e. The van der Waals surface area contributed by atoms with Gasteiger partial charge in [-0.25, -0.2) is 4.39 Å². The number of halogens is 1. The van der Waals surface area contributed by atoms with E-state index in [0.717, 1.165) is 37.8 Å². The summed E-state index contributed by atoms with van der Waals surface area (Å²) in [6.07, 6.45) is 3.82. The zero-order valence-corrected chi connectivity index (χ0v) is 15.9. The van der Waals surface area contributed by atoms with Crippen molar-refractivity contribution >= 4 is 5.91 Å². The van der Waals surface area contributed by atoms with Crippen LogP contribution in [0.2, 0.25) is 0 Å². The average molecular weight is 364 g/mol. The third-order valence-electron chi connectivity index (χ3n) is 5.97. The van der Waals surface area contributed by atoms with Gasteiger partial charge in [-0.2, -0.15) is 0 Å². The van der Waals surface area contributed by atoms with Gasteiger partial charge in [0.15, 0.2) is 0 Å². The first-order valence-electron chi connectivity index (χ1n) is 9.28. The zero-order chi connectivity index (χ0) is 18.7. The van der Waals surface area contributed by atoms with E-state index in [1.807, 2.05) is 16.8 Å². The van der Waals surface area contributed by atoms with Crippen molar-refractivity contribution in [3.8, 4) is 0 Å². The van der Waals surface area contributed by atoms with E-state index >= 15 is 0 Å². The van der Waals surface area contributed by atoms with Gasteiger partial charge in [0, 0.05) is 27.3 Å². The number of nitrogens with zero attached hydrogens (tertiary/aromatic N) is 2. The third kappa shape index (κ3) is 3.92. The molecule has 0 radical (unpaired) electrons. The molecule has 2 fully saturated rings. The van der Waals surface area contributed by atoms with Gasteiger partial charge in [0.1, 0.15) is 5.82 Å². The standard InChI is InChI=1S/C20H29FN2O3/c1-22(13-15-4-6-16(21)7-5-15)14-19(24)23-11-10-20(26-3)9-8-17(25-2)12-18(20)23/h4-7,17-18H,8-14H2,1-3H3/t17-,18+,20-/m1/s1. The van der Waals surface area contributed by atoms with E-state index in [-0.39, 0.29) is 29.5 Å². The highest BCUT2D eigenvalue weighted by atomic mass is 19.1. The van der Waals surface area contributed by atoms with Crippen LogP contribution in [0.1, 0.15) is 31.2 Å². The largest absolute Gasteiger partial charge is 0.381 e. The van der Waals surface area contributed by atoms with E-state index in [1.54, 1.807) is 26.4 Å². The Bertz CT molecular complexity index is 624. The Morgan fingerprint density at radius 1 is 1.31 bits per heavy atom. The Labute approximate surface area is 155 Å². The van der Waals surface area contributed by atoms with Crippen molar-refractivity contribution in [1.82, 2.24) is 9.80 Å². The molecule has 0 N–H and O–H groups in total. The number of hydrogen-bond acceptors (Lipinski definition) is 4. The summed E-state index contributed by atoms with van der Waals surface area (Å²) in [7, 11) is 5.41. The van der Waals surface area contributed by atoms with E-state index in [1.165, 1.54) is 12.1 Å². The molecule has 6 heteroatoms. The summed E-state index contributed by atoms with van der Waals surface area (Å²) >= 11 is 0. The molecular formula is C20H29FN2O3. The van der Waals surface area contributed by atoms with Gasteiger partial charge in [-0.3, -0.25) is 9.69 Å². The van der Waals surface area contributed by atoms with Gasteiger partial charge in [-0.05, 0) is 50.4 Å². The number of hydrogen-bond donors (Lipinski definition) is 0. The third-order valence-corrected chi connectivity index (χ3v) is 5.97. The van der Waals surface area contributed by atoms with Gasteiger partial charge in [-0.15, -0.1) is 0 Å². The van der Waals surface area contributed by atoms with Crippen LogP contribution in [0.3, 0.4) is 0 Å². The molecule has 0 spiro atoms. The number of benzene rings is 1. The van der Waals surface area contributed by atoms with Gasteiger partial charge in [0.05, 0.1) is 24.3 Å². The predicted octanol–water partition coefficient (Wildman–Crippen LogP) is 2.44. The molecule has 5 nitrogen and oxygen atoms in total. The molecule has 0 aromatic heterocycles. The highest BCUT2D eigenvalue weighted by Gasteiger charge is 2.52. The fourth-order valence-electron chi connectivity index (χ4n) is 4.45. The number of likely N-dealkylation sites (N-methyl/N-ethyl adjacent to an activating group) is 1. The Balaban J connectivity index is 1.62. The minimum Gasteiger partial charge on any atom is -0.381 e. The summed E-state index contributed by atoms with van der Waals surface area (Å²) in [4.78, 5) is 16.9. The molecule has 144 valence electrons.